The summed E-state index contributed by atoms with van der Waals surface area (Å²) in [4.78, 5) is 0. The standard InChI is InChI=1S/C13H18BrN/c1-9-6-12(7-10(2)13(9)14)15-8-11-4-3-5-11/h6-7,11,15H,3-5,8H2,1-2H3. The van der Waals surface area contributed by atoms with Crippen molar-refractivity contribution in [3.05, 3.63) is 27.7 Å². The van der Waals surface area contributed by atoms with Gasteiger partial charge in [0.2, 0.25) is 0 Å². The van der Waals surface area contributed by atoms with Crippen LogP contribution in [-0.2, 0) is 0 Å². The van der Waals surface area contributed by atoms with Gasteiger partial charge in [-0.2, -0.15) is 0 Å². The largest absolute Gasteiger partial charge is 0.385 e. The zero-order valence-corrected chi connectivity index (χ0v) is 11.0. The molecule has 1 nitrogen and oxygen atoms in total. The third-order valence-corrected chi connectivity index (χ3v) is 4.51. The summed E-state index contributed by atoms with van der Waals surface area (Å²) in [5.74, 6) is 0.911. The predicted molar refractivity (Wildman–Crippen MR) is 69.4 cm³/mol. The van der Waals surface area contributed by atoms with Gasteiger partial charge in [-0.15, -0.1) is 0 Å². The molecule has 0 saturated heterocycles. The number of benzene rings is 1. The molecule has 15 heavy (non-hydrogen) atoms. The predicted octanol–water partition coefficient (Wildman–Crippen LogP) is 4.28. The van der Waals surface area contributed by atoms with E-state index in [4.69, 9.17) is 0 Å². The minimum absolute atomic E-state index is 0.911. The van der Waals surface area contributed by atoms with Crippen molar-refractivity contribution < 1.29 is 0 Å². The van der Waals surface area contributed by atoms with E-state index in [1.807, 2.05) is 0 Å². The molecule has 0 radical (unpaired) electrons. The molecule has 1 aromatic rings. The van der Waals surface area contributed by atoms with Crippen molar-refractivity contribution in [1.29, 1.82) is 0 Å². The van der Waals surface area contributed by atoms with E-state index in [0.717, 1.165) is 12.5 Å². The first-order valence-electron chi connectivity index (χ1n) is 5.67. The number of rotatable bonds is 3. The van der Waals surface area contributed by atoms with E-state index in [9.17, 15) is 0 Å². The van der Waals surface area contributed by atoms with Crippen LogP contribution in [0.2, 0.25) is 0 Å². The molecule has 1 aromatic carbocycles. The molecule has 0 atom stereocenters. The number of nitrogens with one attached hydrogen (secondary N) is 1. The summed E-state index contributed by atoms with van der Waals surface area (Å²) in [5, 5.41) is 3.53. The van der Waals surface area contributed by atoms with Crippen LogP contribution in [0.4, 0.5) is 5.69 Å². The molecular weight excluding hydrogens is 250 g/mol. The van der Waals surface area contributed by atoms with Crippen LogP contribution in [0.3, 0.4) is 0 Å². The number of anilines is 1. The van der Waals surface area contributed by atoms with Crippen LogP contribution >= 0.6 is 15.9 Å². The highest BCUT2D eigenvalue weighted by molar-refractivity contribution is 9.10. The maximum Gasteiger partial charge on any atom is 0.0346 e. The Balaban J connectivity index is 2.01. The SMILES string of the molecule is Cc1cc(NCC2CCC2)cc(C)c1Br. The molecule has 1 aliphatic carbocycles. The molecule has 0 unspecified atom stereocenters. The fraction of sp³-hybridized carbons (Fsp3) is 0.538. The third-order valence-electron chi connectivity index (χ3n) is 3.26. The smallest absolute Gasteiger partial charge is 0.0346 e. The molecular formula is C13H18BrN. The lowest BCUT2D eigenvalue weighted by Crippen LogP contribution is -2.20. The third kappa shape index (κ3) is 2.54. The quantitative estimate of drug-likeness (QED) is 0.862. The number of halogens is 1. The number of hydrogen-bond donors (Lipinski definition) is 1. The highest BCUT2D eigenvalue weighted by atomic mass is 79.9. The second-order valence-corrected chi connectivity index (χ2v) is 5.39. The lowest BCUT2D eigenvalue weighted by Gasteiger charge is -2.26. The molecule has 1 saturated carbocycles. The maximum absolute atomic E-state index is 3.59. The van der Waals surface area contributed by atoms with Gasteiger partial charge >= 0.3 is 0 Å². The highest BCUT2D eigenvalue weighted by Gasteiger charge is 2.16. The van der Waals surface area contributed by atoms with Gasteiger partial charge in [0.15, 0.2) is 0 Å². The van der Waals surface area contributed by atoms with Crippen molar-refractivity contribution in [2.24, 2.45) is 5.92 Å². The van der Waals surface area contributed by atoms with E-state index in [2.05, 4.69) is 47.2 Å². The molecule has 1 N–H and O–H groups in total. The van der Waals surface area contributed by atoms with Crippen LogP contribution in [-0.4, -0.2) is 6.54 Å². The van der Waals surface area contributed by atoms with Crippen LogP contribution in [0, 0.1) is 19.8 Å². The lowest BCUT2D eigenvalue weighted by atomic mass is 9.85. The van der Waals surface area contributed by atoms with Gasteiger partial charge in [-0.1, -0.05) is 22.4 Å². The first-order valence-corrected chi connectivity index (χ1v) is 6.46. The molecule has 2 heteroatoms. The van der Waals surface area contributed by atoms with Crippen LogP contribution < -0.4 is 5.32 Å². The molecule has 0 bridgehead atoms. The Hall–Kier alpha value is -0.500. The van der Waals surface area contributed by atoms with Crippen molar-refractivity contribution >= 4 is 21.6 Å². The summed E-state index contributed by atoms with van der Waals surface area (Å²) >= 11 is 3.59. The Bertz CT molecular complexity index is 333. The minimum atomic E-state index is 0.911. The van der Waals surface area contributed by atoms with Gasteiger partial charge < -0.3 is 5.32 Å². The van der Waals surface area contributed by atoms with E-state index in [1.54, 1.807) is 0 Å². The van der Waals surface area contributed by atoms with E-state index < -0.39 is 0 Å². The molecule has 0 aromatic heterocycles. The molecule has 0 aliphatic heterocycles. The van der Waals surface area contributed by atoms with Gasteiger partial charge in [0.1, 0.15) is 0 Å². The molecule has 0 heterocycles. The normalized spacial score (nSPS) is 16.2. The summed E-state index contributed by atoms with van der Waals surface area (Å²) in [6, 6.07) is 4.44. The van der Waals surface area contributed by atoms with Crippen LogP contribution in [0.1, 0.15) is 30.4 Å². The van der Waals surface area contributed by atoms with Gasteiger partial charge in [0.25, 0.3) is 0 Å². The molecule has 82 valence electrons. The monoisotopic (exact) mass is 267 g/mol. The highest BCUT2D eigenvalue weighted by Crippen LogP contribution is 2.28. The maximum atomic E-state index is 3.59. The first kappa shape index (κ1) is 11.0. The number of aryl methyl sites for hydroxylation is 2. The van der Waals surface area contributed by atoms with Crippen molar-refractivity contribution in [2.75, 3.05) is 11.9 Å². The van der Waals surface area contributed by atoms with E-state index in [-0.39, 0.29) is 0 Å². The zero-order chi connectivity index (χ0) is 10.8. The topological polar surface area (TPSA) is 12.0 Å². The van der Waals surface area contributed by atoms with Crippen LogP contribution in [0.25, 0.3) is 0 Å². The molecule has 1 fully saturated rings. The molecule has 0 amide bonds. The second-order valence-electron chi connectivity index (χ2n) is 4.60. The summed E-state index contributed by atoms with van der Waals surface area (Å²) < 4.78 is 1.23. The zero-order valence-electron chi connectivity index (χ0n) is 9.44. The van der Waals surface area contributed by atoms with Crippen LogP contribution in [0.5, 0.6) is 0 Å². The van der Waals surface area contributed by atoms with Gasteiger partial charge in [0, 0.05) is 16.7 Å². The average molecular weight is 268 g/mol. The van der Waals surface area contributed by atoms with Gasteiger partial charge in [-0.3, -0.25) is 0 Å². The summed E-state index contributed by atoms with van der Waals surface area (Å²) in [5.41, 5.74) is 3.89. The second kappa shape index (κ2) is 4.56. The van der Waals surface area contributed by atoms with Gasteiger partial charge in [-0.25, -0.2) is 0 Å². The van der Waals surface area contributed by atoms with Crippen molar-refractivity contribution in [1.82, 2.24) is 0 Å². The Morgan fingerprint density at radius 2 is 1.87 bits per heavy atom. The fourth-order valence-corrected chi connectivity index (χ4v) is 2.24. The lowest BCUT2D eigenvalue weighted by molar-refractivity contribution is 0.333. The summed E-state index contributed by atoms with van der Waals surface area (Å²) in [7, 11) is 0. The van der Waals surface area contributed by atoms with E-state index >= 15 is 0 Å². The molecule has 2 rings (SSSR count). The van der Waals surface area contributed by atoms with Gasteiger partial charge in [0.05, 0.1) is 0 Å². The molecule has 0 spiro atoms. The van der Waals surface area contributed by atoms with Crippen molar-refractivity contribution in [3.8, 4) is 0 Å². The number of hydrogen-bond acceptors (Lipinski definition) is 1. The average Bonchev–Trinajstić information content (AvgIpc) is 2.11. The fourth-order valence-electron chi connectivity index (χ4n) is 2.01. The Kier molecular flexibility index (Phi) is 3.35. The first-order chi connectivity index (χ1) is 7.16. The summed E-state index contributed by atoms with van der Waals surface area (Å²) in [6.07, 6.45) is 4.23. The Morgan fingerprint density at radius 1 is 1.27 bits per heavy atom. The van der Waals surface area contributed by atoms with Crippen molar-refractivity contribution in [3.63, 3.8) is 0 Å². The Labute approximate surface area is 100 Å². The Morgan fingerprint density at radius 3 is 2.33 bits per heavy atom. The van der Waals surface area contributed by atoms with Crippen molar-refractivity contribution in [2.45, 2.75) is 33.1 Å². The van der Waals surface area contributed by atoms with E-state index in [1.165, 1.54) is 40.5 Å². The van der Waals surface area contributed by atoms with E-state index in [0.29, 0.717) is 0 Å². The van der Waals surface area contributed by atoms with Gasteiger partial charge in [-0.05, 0) is 55.9 Å². The molecule has 1 aliphatic rings. The summed E-state index contributed by atoms with van der Waals surface area (Å²) in [6.45, 7) is 5.43. The minimum Gasteiger partial charge on any atom is -0.385 e. The van der Waals surface area contributed by atoms with Crippen LogP contribution in [0.15, 0.2) is 16.6 Å².